The lowest BCUT2D eigenvalue weighted by molar-refractivity contribution is -0.133. The molecule has 0 saturated carbocycles. The maximum absolute atomic E-state index is 12.3. The Balaban J connectivity index is 1.43. The van der Waals surface area contributed by atoms with Crippen molar-refractivity contribution < 1.29 is 19.0 Å². The molecule has 0 spiro atoms. The van der Waals surface area contributed by atoms with Gasteiger partial charge < -0.3 is 24.0 Å². The molecule has 0 unspecified atom stereocenters. The number of para-hydroxylation sites is 1. The number of carbonyl (C=O) groups is 1. The summed E-state index contributed by atoms with van der Waals surface area (Å²) in [6.45, 7) is 3.67. The first-order valence-corrected chi connectivity index (χ1v) is 8.92. The van der Waals surface area contributed by atoms with E-state index in [-0.39, 0.29) is 12.5 Å². The fourth-order valence-corrected chi connectivity index (χ4v) is 2.73. The number of benzene rings is 1. The lowest BCUT2D eigenvalue weighted by Crippen LogP contribution is -2.50. The van der Waals surface area contributed by atoms with Crippen LogP contribution in [0.4, 0.5) is 5.82 Å². The molecule has 1 aliphatic heterocycles. The van der Waals surface area contributed by atoms with Gasteiger partial charge in [-0.15, -0.1) is 10.2 Å². The molecule has 1 fully saturated rings. The summed E-state index contributed by atoms with van der Waals surface area (Å²) in [6, 6.07) is 13.0. The average molecular weight is 372 g/mol. The Labute approximate surface area is 158 Å². The van der Waals surface area contributed by atoms with Crippen LogP contribution in [0, 0.1) is 0 Å². The highest BCUT2D eigenvalue weighted by Crippen LogP contribution is 2.16. The van der Waals surface area contributed by atoms with Crippen LogP contribution in [0.2, 0.25) is 0 Å². The molecule has 1 saturated heterocycles. The molecule has 2 aromatic rings. The SMILES string of the molecule is COCCOc1ccc(N2CCN(C(=O)COc3ccccc3)CC2)nn1. The van der Waals surface area contributed by atoms with Gasteiger partial charge in [0.1, 0.15) is 12.4 Å². The van der Waals surface area contributed by atoms with E-state index in [1.54, 1.807) is 13.2 Å². The highest BCUT2D eigenvalue weighted by Gasteiger charge is 2.22. The number of aromatic nitrogens is 2. The molecule has 27 heavy (non-hydrogen) atoms. The van der Waals surface area contributed by atoms with Gasteiger partial charge in [0.05, 0.1) is 6.61 Å². The Morgan fingerprint density at radius 2 is 1.74 bits per heavy atom. The number of ether oxygens (including phenoxy) is 3. The maximum atomic E-state index is 12.3. The molecule has 8 heteroatoms. The summed E-state index contributed by atoms with van der Waals surface area (Å²) in [7, 11) is 1.62. The summed E-state index contributed by atoms with van der Waals surface area (Å²) >= 11 is 0. The largest absolute Gasteiger partial charge is 0.484 e. The van der Waals surface area contributed by atoms with Crippen LogP contribution in [0.25, 0.3) is 0 Å². The van der Waals surface area contributed by atoms with Crippen LogP contribution < -0.4 is 14.4 Å². The molecule has 1 aliphatic rings. The summed E-state index contributed by atoms with van der Waals surface area (Å²) in [5.41, 5.74) is 0. The fraction of sp³-hybridized carbons (Fsp3) is 0.421. The van der Waals surface area contributed by atoms with Crippen LogP contribution in [0.3, 0.4) is 0 Å². The van der Waals surface area contributed by atoms with Gasteiger partial charge in [-0.05, 0) is 18.2 Å². The summed E-state index contributed by atoms with van der Waals surface area (Å²) in [4.78, 5) is 16.2. The van der Waals surface area contributed by atoms with Crippen molar-refractivity contribution in [2.45, 2.75) is 0 Å². The molecule has 2 heterocycles. The van der Waals surface area contributed by atoms with Crippen LogP contribution >= 0.6 is 0 Å². The van der Waals surface area contributed by atoms with Gasteiger partial charge >= 0.3 is 0 Å². The molecule has 0 N–H and O–H groups in total. The minimum Gasteiger partial charge on any atom is -0.484 e. The molecule has 3 rings (SSSR count). The fourth-order valence-electron chi connectivity index (χ4n) is 2.73. The van der Waals surface area contributed by atoms with Gasteiger partial charge in [0.25, 0.3) is 5.91 Å². The number of hydrogen-bond acceptors (Lipinski definition) is 7. The topological polar surface area (TPSA) is 77.0 Å². The van der Waals surface area contributed by atoms with Crippen LogP contribution in [-0.4, -0.2) is 74.1 Å². The molecule has 1 aromatic carbocycles. The van der Waals surface area contributed by atoms with Crippen LogP contribution in [0.15, 0.2) is 42.5 Å². The first-order valence-electron chi connectivity index (χ1n) is 8.92. The van der Waals surface area contributed by atoms with Gasteiger partial charge in [-0.3, -0.25) is 4.79 Å². The Morgan fingerprint density at radius 1 is 0.963 bits per heavy atom. The summed E-state index contributed by atoms with van der Waals surface area (Å²) in [5.74, 6) is 1.95. The minimum atomic E-state index is -0.00789. The van der Waals surface area contributed by atoms with E-state index < -0.39 is 0 Å². The Bertz CT molecular complexity index is 703. The molecule has 0 radical (unpaired) electrons. The van der Waals surface area contributed by atoms with Crippen molar-refractivity contribution in [3.8, 4) is 11.6 Å². The maximum Gasteiger partial charge on any atom is 0.260 e. The number of methoxy groups -OCH3 is 1. The molecular formula is C19H24N4O4. The number of amides is 1. The average Bonchev–Trinajstić information content (AvgIpc) is 2.74. The number of rotatable bonds is 8. The predicted octanol–water partition coefficient (Wildman–Crippen LogP) is 1.23. The van der Waals surface area contributed by atoms with E-state index in [9.17, 15) is 4.79 Å². The zero-order chi connectivity index (χ0) is 18.9. The van der Waals surface area contributed by atoms with Crippen molar-refractivity contribution in [2.75, 3.05) is 58.0 Å². The first kappa shape index (κ1) is 18.9. The quantitative estimate of drug-likeness (QED) is 0.645. The smallest absolute Gasteiger partial charge is 0.260 e. The summed E-state index contributed by atoms with van der Waals surface area (Å²) < 4.78 is 15.9. The van der Waals surface area contributed by atoms with Gasteiger partial charge in [0.2, 0.25) is 5.88 Å². The second-order valence-electron chi connectivity index (χ2n) is 6.04. The van der Waals surface area contributed by atoms with Crippen molar-refractivity contribution >= 4 is 11.7 Å². The van der Waals surface area contributed by atoms with Crippen molar-refractivity contribution in [3.05, 3.63) is 42.5 Å². The van der Waals surface area contributed by atoms with Crippen molar-refractivity contribution in [1.29, 1.82) is 0 Å². The van der Waals surface area contributed by atoms with E-state index in [1.165, 1.54) is 0 Å². The highest BCUT2D eigenvalue weighted by atomic mass is 16.5. The third-order valence-corrected chi connectivity index (χ3v) is 4.23. The second kappa shape index (κ2) is 9.72. The molecule has 144 valence electrons. The van der Waals surface area contributed by atoms with Gasteiger partial charge in [-0.25, -0.2) is 0 Å². The third kappa shape index (κ3) is 5.55. The van der Waals surface area contributed by atoms with E-state index in [0.29, 0.717) is 51.0 Å². The summed E-state index contributed by atoms with van der Waals surface area (Å²) in [6.07, 6.45) is 0. The standard InChI is InChI=1S/C19H24N4O4/c1-25-13-14-26-18-8-7-17(20-21-18)22-9-11-23(12-10-22)19(24)15-27-16-5-3-2-4-6-16/h2-8H,9-15H2,1H3. The van der Waals surface area contributed by atoms with Gasteiger partial charge in [0, 0.05) is 39.4 Å². The minimum absolute atomic E-state index is 0.00789. The second-order valence-corrected chi connectivity index (χ2v) is 6.04. The lowest BCUT2D eigenvalue weighted by Gasteiger charge is -2.35. The monoisotopic (exact) mass is 372 g/mol. The van der Waals surface area contributed by atoms with Crippen molar-refractivity contribution in [3.63, 3.8) is 0 Å². The van der Waals surface area contributed by atoms with E-state index >= 15 is 0 Å². The number of piperazine rings is 1. The molecule has 0 atom stereocenters. The normalized spacial score (nSPS) is 14.1. The Hall–Kier alpha value is -2.87. The third-order valence-electron chi connectivity index (χ3n) is 4.23. The van der Waals surface area contributed by atoms with E-state index in [1.807, 2.05) is 41.3 Å². The summed E-state index contributed by atoms with van der Waals surface area (Å²) in [5, 5.41) is 8.28. The Kier molecular flexibility index (Phi) is 6.81. The molecule has 0 bridgehead atoms. The van der Waals surface area contributed by atoms with Gasteiger partial charge in [0.15, 0.2) is 12.4 Å². The van der Waals surface area contributed by atoms with Crippen molar-refractivity contribution in [1.82, 2.24) is 15.1 Å². The zero-order valence-corrected chi connectivity index (χ0v) is 15.4. The van der Waals surface area contributed by atoms with E-state index in [4.69, 9.17) is 14.2 Å². The van der Waals surface area contributed by atoms with E-state index in [2.05, 4.69) is 15.1 Å². The predicted molar refractivity (Wildman–Crippen MR) is 100 cm³/mol. The molecule has 0 aliphatic carbocycles. The molecule has 8 nitrogen and oxygen atoms in total. The van der Waals surface area contributed by atoms with Gasteiger partial charge in [-0.1, -0.05) is 18.2 Å². The van der Waals surface area contributed by atoms with Gasteiger partial charge in [-0.2, -0.15) is 0 Å². The first-order chi connectivity index (χ1) is 13.3. The number of nitrogens with zero attached hydrogens (tertiary/aromatic N) is 4. The van der Waals surface area contributed by atoms with Crippen LogP contribution in [0.1, 0.15) is 0 Å². The molecule has 1 amide bonds. The van der Waals surface area contributed by atoms with Crippen LogP contribution in [0.5, 0.6) is 11.6 Å². The van der Waals surface area contributed by atoms with E-state index in [0.717, 1.165) is 5.82 Å². The number of carbonyl (C=O) groups excluding carboxylic acids is 1. The molecular weight excluding hydrogens is 348 g/mol. The van der Waals surface area contributed by atoms with Crippen LogP contribution in [-0.2, 0) is 9.53 Å². The number of hydrogen-bond donors (Lipinski definition) is 0. The number of anilines is 1. The van der Waals surface area contributed by atoms with Crippen molar-refractivity contribution in [2.24, 2.45) is 0 Å². The highest BCUT2D eigenvalue weighted by molar-refractivity contribution is 5.78. The molecule has 1 aromatic heterocycles. The zero-order valence-electron chi connectivity index (χ0n) is 15.4. The lowest BCUT2D eigenvalue weighted by atomic mass is 10.3. The Morgan fingerprint density at radius 3 is 2.41 bits per heavy atom.